The molecule has 9 nitrogen and oxygen atoms in total. The van der Waals surface area contributed by atoms with Crippen molar-refractivity contribution in [3.8, 4) is 0 Å². The molecule has 10 heteroatoms. The topological polar surface area (TPSA) is 137 Å². The molecule has 4 saturated carbocycles. The fourth-order valence-corrected chi connectivity index (χ4v) is 14.9. The van der Waals surface area contributed by atoms with E-state index in [1.807, 2.05) is 11.8 Å². The Morgan fingerprint density at radius 2 is 1.63 bits per heavy atom. The lowest BCUT2D eigenvalue weighted by molar-refractivity contribution is -0.202. The number of urea groups is 1. The number of carbonyl (C=O) groups is 4. The van der Waals surface area contributed by atoms with E-state index in [2.05, 4.69) is 75.8 Å². The Hall–Kier alpha value is -2.07. The summed E-state index contributed by atoms with van der Waals surface area (Å²) in [5.74, 6) is 1.75. The van der Waals surface area contributed by atoms with E-state index >= 15 is 0 Å². The van der Waals surface area contributed by atoms with E-state index in [4.69, 9.17) is 0 Å². The number of unbranched alkanes of at least 4 members (excludes halogenated alkanes) is 1. The summed E-state index contributed by atoms with van der Waals surface area (Å²) in [4.78, 5) is 52.7. The number of hydrogen-bond acceptors (Lipinski definition) is 6. The summed E-state index contributed by atoms with van der Waals surface area (Å²) in [6.45, 7) is 17.0. The van der Waals surface area contributed by atoms with Crippen LogP contribution in [0.1, 0.15) is 132 Å². The first-order valence-electron chi connectivity index (χ1n) is 20.6. The Balaban J connectivity index is 0.952. The van der Waals surface area contributed by atoms with Crippen LogP contribution < -0.4 is 21.3 Å². The van der Waals surface area contributed by atoms with Crippen molar-refractivity contribution in [2.24, 2.45) is 50.2 Å². The average Bonchev–Trinajstić information content (AvgIpc) is 3.64. The number of carbonyl (C=O) groups excluding carboxylic acids is 4. The third-order valence-corrected chi connectivity index (χ3v) is 18.4. The van der Waals surface area contributed by atoms with Crippen molar-refractivity contribution in [2.75, 3.05) is 18.8 Å². The second-order valence-corrected chi connectivity index (χ2v) is 21.4. The minimum Gasteiger partial charge on any atom is -0.393 e. The van der Waals surface area contributed by atoms with Crippen molar-refractivity contribution in [2.45, 2.75) is 155 Å². The summed E-state index contributed by atoms with van der Waals surface area (Å²) in [5, 5.41) is 23.6. The molecule has 7 rings (SSSR count). The normalized spacial score (nSPS) is 45.9. The zero-order valence-electron chi connectivity index (χ0n) is 32.9. The standard InChI is InChI=1S/C42H66N4O5S/c1-37(2)30-12-15-42(7)34(40(30,5)14-13-31(37)48)28(47)22-25-26-23-39(4,17-16-38(26,3)18-19-41(25,42)6)35(50)44-21-20-43-32(49)11-9-8-10-29-33-27(24-52-29)45-36(51)46-33/h22,26-27,29-31,33-34,48H,8-21,23-24H2,1-7H3,(H,43,49)(H,44,50)(H2,45,46,51)/t26-,27-,29-,30-,31-,33-,34+,38+,39-,40-,41+,42+/m0/s1. The third-order valence-electron chi connectivity index (χ3n) is 16.9. The molecule has 0 bridgehead atoms. The van der Waals surface area contributed by atoms with Crippen LogP contribution in [0.2, 0.25) is 0 Å². The summed E-state index contributed by atoms with van der Waals surface area (Å²) < 4.78 is 0. The van der Waals surface area contributed by atoms with Gasteiger partial charge in [0.15, 0.2) is 5.78 Å². The van der Waals surface area contributed by atoms with Crippen LogP contribution >= 0.6 is 11.8 Å². The Bertz CT molecular complexity index is 1520. The van der Waals surface area contributed by atoms with Gasteiger partial charge in [-0.15, -0.1) is 0 Å². The minimum atomic E-state index is -0.535. The molecule has 0 aromatic heterocycles. The molecule has 0 radical (unpaired) electrons. The number of nitrogens with one attached hydrogen (secondary N) is 4. The van der Waals surface area contributed by atoms with E-state index in [0.717, 1.165) is 82.8 Å². The van der Waals surface area contributed by atoms with E-state index in [-0.39, 0.29) is 80.7 Å². The van der Waals surface area contributed by atoms with Crippen LogP contribution in [-0.4, -0.2) is 71.0 Å². The molecule has 5 aliphatic carbocycles. The van der Waals surface area contributed by atoms with Crippen molar-refractivity contribution >= 4 is 35.4 Å². The molecule has 2 saturated heterocycles. The first-order valence-corrected chi connectivity index (χ1v) is 21.6. The number of aliphatic hydroxyl groups is 1. The molecule has 5 N–H and O–H groups in total. The first kappa shape index (κ1) is 38.2. The number of thioether (sulfide) groups is 1. The Kier molecular flexibility index (Phi) is 9.77. The fourth-order valence-electron chi connectivity index (χ4n) is 13.3. The maximum Gasteiger partial charge on any atom is 0.315 e. The number of amides is 4. The monoisotopic (exact) mass is 738 g/mol. The minimum absolute atomic E-state index is 0.0136. The summed E-state index contributed by atoms with van der Waals surface area (Å²) in [7, 11) is 0. The van der Waals surface area contributed by atoms with Crippen LogP contribution in [0.5, 0.6) is 0 Å². The first-order chi connectivity index (χ1) is 24.4. The summed E-state index contributed by atoms with van der Waals surface area (Å²) in [5.41, 5.74) is 0.237. The highest BCUT2D eigenvalue weighted by atomic mass is 32.2. The molecular weight excluding hydrogens is 673 g/mol. The summed E-state index contributed by atoms with van der Waals surface area (Å²) in [6.07, 6.45) is 13.4. The van der Waals surface area contributed by atoms with Crippen molar-refractivity contribution in [3.05, 3.63) is 11.6 Å². The van der Waals surface area contributed by atoms with Gasteiger partial charge in [0.05, 0.1) is 18.2 Å². The Labute approximate surface area is 316 Å². The number of fused-ring (bicyclic) bond motifs is 8. The molecule has 0 unspecified atom stereocenters. The largest absolute Gasteiger partial charge is 0.393 e. The smallest absolute Gasteiger partial charge is 0.315 e. The van der Waals surface area contributed by atoms with Gasteiger partial charge in [-0.05, 0) is 116 Å². The number of aliphatic hydroxyl groups excluding tert-OH is 1. The van der Waals surface area contributed by atoms with Crippen molar-refractivity contribution in [3.63, 3.8) is 0 Å². The molecule has 2 aliphatic heterocycles. The van der Waals surface area contributed by atoms with Gasteiger partial charge in [-0.2, -0.15) is 11.8 Å². The second-order valence-electron chi connectivity index (χ2n) is 20.1. The SMILES string of the molecule is CC1(C)[C@@H](O)CC[C@]2(C)[C@H]3C(=O)C=C4[C@@H]5C[C@@](C)(C(=O)NCCNC(=O)CCCC[C@@H]6SC[C@@H]7NC(=O)N[C@@H]76)CC[C@]5(C)CC[C@@]4(C)[C@]3(C)CC[C@@H]12. The highest BCUT2D eigenvalue weighted by Crippen LogP contribution is 2.75. The van der Waals surface area contributed by atoms with Gasteiger partial charge in [0.2, 0.25) is 11.8 Å². The van der Waals surface area contributed by atoms with E-state index in [0.29, 0.717) is 30.7 Å². The van der Waals surface area contributed by atoms with Gasteiger partial charge >= 0.3 is 6.03 Å². The van der Waals surface area contributed by atoms with Gasteiger partial charge in [0.25, 0.3) is 0 Å². The molecule has 52 heavy (non-hydrogen) atoms. The fraction of sp³-hybridized carbons (Fsp3) is 0.857. The number of allylic oxidation sites excluding steroid dienone is 2. The van der Waals surface area contributed by atoms with Gasteiger partial charge in [0.1, 0.15) is 0 Å². The van der Waals surface area contributed by atoms with Crippen LogP contribution in [0.15, 0.2) is 11.6 Å². The molecule has 6 fully saturated rings. The zero-order chi connectivity index (χ0) is 37.5. The Morgan fingerprint density at radius 3 is 2.40 bits per heavy atom. The zero-order valence-corrected chi connectivity index (χ0v) is 33.7. The molecule has 4 amide bonds. The van der Waals surface area contributed by atoms with Crippen LogP contribution in [0.25, 0.3) is 0 Å². The number of rotatable bonds is 9. The average molecular weight is 739 g/mol. The maximum absolute atomic E-state index is 14.6. The molecular formula is C42H66N4O5S. The van der Waals surface area contributed by atoms with E-state index < -0.39 is 5.41 Å². The second kappa shape index (κ2) is 13.3. The van der Waals surface area contributed by atoms with Crippen molar-refractivity contribution in [1.29, 1.82) is 0 Å². The summed E-state index contributed by atoms with van der Waals surface area (Å²) in [6, 6.07) is 0.358. The molecule has 0 spiro atoms. The molecule has 0 aromatic carbocycles. The van der Waals surface area contributed by atoms with Crippen molar-refractivity contribution in [1.82, 2.24) is 21.3 Å². The Morgan fingerprint density at radius 1 is 0.904 bits per heavy atom. The predicted octanol–water partition coefficient (Wildman–Crippen LogP) is 6.29. The lowest BCUT2D eigenvalue weighted by atomic mass is 9.33. The van der Waals surface area contributed by atoms with Gasteiger partial charge in [-0.25, -0.2) is 4.79 Å². The van der Waals surface area contributed by atoms with Gasteiger partial charge in [-0.1, -0.05) is 60.5 Å². The lowest BCUT2D eigenvalue weighted by Gasteiger charge is -2.70. The van der Waals surface area contributed by atoms with Crippen LogP contribution in [0.4, 0.5) is 4.79 Å². The van der Waals surface area contributed by atoms with Gasteiger partial charge in [-0.3, -0.25) is 14.4 Å². The van der Waals surface area contributed by atoms with E-state index in [9.17, 15) is 24.3 Å². The highest BCUT2D eigenvalue weighted by Gasteiger charge is 2.70. The number of hydrogen-bond donors (Lipinski definition) is 5. The molecule has 7 aliphatic rings. The van der Waals surface area contributed by atoms with Crippen LogP contribution in [-0.2, 0) is 14.4 Å². The summed E-state index contributed by atoms with van der Waals surface area (Å²) >= 11 is 1.90. The van der Waals surface area contributed by atoms with E-state index in [1.54, 1.807) is 0 Å². The third kappa shape index (κ3) is 5.97. The van der Waals surface area contributed by atoms with E-state index in [1.165, 1.54) is 5.57 Å². The highest BCUT2D eigenvalue weighted by molar-refractivity contribution is 8.00. The predicted molar refractivity (Wildman–Crippen MR) is 205 cm³/mol. The quantitative estimate of drug-likeness (QED) is 0.140. The van der Waals surface area contributed by atoms with Crippen LogP contribution in [0.3, 0.4) is 0 Å². The molecule has 290 valence electrons. The molecule has 0 aromatic rings. The van der Waals surface area contributed by atoms with Gasteiger partial charge in [0, 0.05) is 41.8 Å². The van der Waals surface area contributed by atoms with Crippen LogP contribution in [0, 0.1) is 50.2 Å². The van der Waals surface area contributed by atoms with Gasteiger partial charge < -0.3 is 26.4 Å². The van der Waals surface area contributed by atoms with Crippen molar-refractivity contribution < 1.29 is 24.3 Å². The molecule has 12 atom stereocenters. The lowest BCUT2D eigenvalue weighted by Crippen LogP contribution is -2.66. The maximum atomic E-state index is 14.6. The molecule has 2 heterocycles. The number of ketones is 1.